The van der Waals surface area contributed by atoms with Crippen LogP contribution in [0.1, 0.15) is 30.4 Å². The second-order valence-corrected chi connectivity index (χ2v) is 9.20. The predicted octanol–water partition coefficient (Wildman–Crippen LogP) is 2.14. The van der Waals surface area contributed by atoms with Gasteiger partial charge in [-0.3, -0.25) is 0 Å². The van der Waals surface area contributed by atoms with E-state index in [4.69, 9.17) is 19.5 Å². The molecule has 0 N–H and O–H groups in total. The molecule has 0 saturated heterocycles. The molecule has 0 amide bonds. The van der Waals surface area contributed by atoms with Crippen LogP contribution in [-0.2, 0) is 22.9 Å². The Morgan fingerprint density at radius 1 is 1.07 bits per heavy atom. The first-order valence-electron chi connectivity index (χ1n) is 9.15. The second kappa shape index (κ2) is 7.95. The Morgan fingerprint density at radius 2 is 1.78 bits per heavy atom. The highest BCUT2D eigenvalue weighted by Crippen LogP contribution is 2.43. The van der Waals surface area contributed by atoms with Crippen LogP contribution < -0.4 is 14.2 Å². The first kappa shape index (κ1) is 19.8. The van der Waals surface area contributed by atoms with Gasteiger partial charge in [-0.05, 0) is 43.7 Å². The van der Waals surface area contributed by atoms with Crippen LogP contribution in [0.25, 0.3) is 0 Å². The van der Waals surface area contributed by atoms with Gasteiger partial charge in [-0.2, -0.15) is 5.26 Å². The van der Waals surface area contributed by atoms with Crippen LogP contribution in [0.3, 0.4) is 0 Å². The molecule has 0 radical (unpaired) electrons. The number of rotatable bonds is 5. The Kier molecular flexibility index (Phi) is 5.82. The molecular weight excluding hydrogens is 368 g/mol. The molecule has 8 heteroatoms. The van der Waals surface area contributed by atoms with E-state index in [-0.39, 0.29) is 5.92 Å². The lowest BCUT2D eigenvalue weighted by Crippen LogP contribution is -2.39. The monoisotopic (exact) mass is 394 g/mol. The van der Waals surface area contributed by atoms with E-state index in [1.165, 1.54) is 0 Å². The summed E-state index contributed by atoms with van der Waals surface area (Å²) >= 11 is 0. The summed E-state index contributed by atoms with van der Waals surface area (Å²) in [7, 11) is 1.30. The third kappa shape index (κ3) is 3.58. The van der Waals surface area contributed by atoms with Gasteiger partial charge in [0.15, 0.2) is 11.5 Å². The van der Waals surface area contributed by atoms with Crippen molar-refractivity contribution in [3.05, 3.63) is 17.2 Å². The summed E-state index contributed by atoms with van der Waals surface area (Å²) < 4.78 is 44.2. The molecule has 1 aromatic carbocycles. The topological polar surface area (TPSA) is 88.9 Å². The normalized spacial score (nSPS) is 23.2. The number of methoxy groups -OCH3 is 3. The fourth-order valence-electron chi connectivity index (χ4n) is 4.15. The summed E-state index contributed by atoms with van der Waals surface area (Å²) in [5.41, 5.74) is 1.98. The lowest BCUT2D eigenvalue weighted by molar-refractivity contribution is 0.321. The van der Waals surface area contributed by atoms with Crippen molar-refractivity contribution in [1.29, 1.82) is 5.26 Å². The smallest absolute Gasteiger partial charge is 0.217 e. The molecule has 1 fully saturated rings. The molecule has 3 rings (SSSR count). The quantitative estimate of drug-likeness (QED) is 0.760. The average Bonchev–Trinajstić information content (AvgIpc) is 3.07. The zero-order valence-corrected chi connectivity index (χ0v) is 16.8. The van der Waals surface area contributed by atoms with Crippen LogP contribution in [0.4, 0.5) is 0 Å². The average molecular weight is 394 g/mol. The zero-order valence-electron chi connectivity index (χ0n) is 16.0. The summed E-state index contributed by atoms with van der Waals surface area (Å²) in [6.45, 7) is 0.816. The van der Waals surface area contributed by atoms with Crippen molar-refractivity contribution in [3.8, 4) is 23.3 Å². The van der Waals surface area contributed by atoms with Crippen molar-refractivity contribution < 1.29 is 22.6 Å². The highest BCUT2D eigenvalue weighted by Gasteiger charge is 2.39. The van der Waals surface area contributed by atoms with Crippen LogP contribution >= 0.6 is 0 Å². The Bertz CT molecular complexity index is 847. The van der Waals surface area contributed by atoms with E-state index in [9.17, 15) is 8.42 Å². The van der Waals surface area contributed by atoms with E-state index in [0.717, 1.165) is 11.1 Å². The van der Waals surface area contributed by atoms with E-state index in [0.29, 0.717) is 62.4 Å². The molecule has 1 aliphatic carbocycles. The largest absolute Gasteiger partial charge is 0.493 e. The van der Waals surface area contributed by atoms with Crippen molar-refractivity contribution in [2.45, 2.75) is 37.4 Å². The molecule has 148 valence electrons. The number of ether oxygens (including phenoxy) is 3. The molecule has 0 spiro atoms. The predicted molar refractivity (Wildman–Crippen MR) is 101 cm³/mol. The number of fused-ring (bicyclic) bond motifs is 1. The van der Waals surface area contributed by atoms with Gasteiger partial charge in [0.1, 0.15) is 0 Å². The van der Waals surface area contributed by atoms with Gasteiger partial charge in [-0.15, -0.1) is 0 Å². The van der Waals surface area contributed by atoms with E-state index >= 15 is 0 Å². The Labute approximate surface area is 160 Å². The lowest BCUT2D eigenvalue weighted by Gasteiger charge is -2.24. The third-order valence-electron chi connectivity index (χ3n) is 5.62. The van der Waals surface area contributed by atoms with Crippen LogP contribution in [0.15, 0.2) is 6.07 Å². The fraction of sp³-hybridized carbons (Fsp3) is 0.632. The second-order valence-electron chi connectivity index (χ2n) is 6.99. The molecule has 1 aromatic rings. The first-order chi connectivity index (χ1) is 13.0. The maximum absolute atomic E-state index is 13.1. The van der Waals surface area contributed by atoms with Gasteiger partial charge in [0.05, 0.1) is 32.6 Å². The molecule has 0 aromatic heterocycles. The summed E-state index contributed by atoms with van der Waals surface area (Å²) in [4.78, 5) is 0. The number of nitrogens with zero attached hydrogens (tertiary/aromatic N) is 2. The number of hydrogen-bond donors (Lipinski definition) is 0. The summed E-state index contributed by atoms with van der Waals surface area (Å²) in [6.07, 6.45) is 2.80. The van der Waals surface area contributed by atoms with Crippen LogP contribution in [0.2, 0.25) is 0 Å². The molecule has 1 heterocycles. The summed E-state index contributed by atoms with van der Waals surface area (Å²) in [6, 6.07) is 4.12. The zero-order chi connectivity index (χ0) is 19.6. The van der Waals surface area contributed by atoms with Crippen molar-refractivity contribution in [2.75, 3.05) is 34.4 Å². The summed E-state index contributed by atoms with van der Waals surface area (Å²) in [5, 5.41) is 8.63. The minimum absolute atomic E-state index is 0.150. The molecule has 2 atom stereocenters. The van der Waals surface area contributed by atoms with E-state index < -0.39 is 15.3 Å². The minimum Gasteiger partial charge on any atom is -0.493 e. The molecule has 7 nitrogen and oxygen atoms in total. The standard InChI is InChI=1S/C19H26N2O5S/c1-24-17-11-14-6-8-21(9-7-16(14)18(25-2)19(17)26-3)27(22,23)15-5-4-13(10-15)12-20/h11,13,15H,4-10H2,1-3H3. The Morgan fingerprint density at radius 3 is 2.37 bits per heavy atom. The fourth-order valence-corrected chi connectivity index (χ4v) is 6.17. The van der Waals surface area contributed by atoms with Crippen LogP contribution in [0, 0.1) is 17.2 Å². The molecule has 2 unspecified atom stereocenters. The highest BCUT2D eigenvalue weighted by atomic mass is 32.2. The molecule has 27 heavy (non-hydrogen) atoms. The maximum Gasteiger partial charge on any atom is 0.217 e. The van der Waals surface area contributed by atoms with Crippen molar-refractivity contribution >= 4 is 10.0 Å². The molecule has 2 aliphatic rings. The van der Waals surface area contributed by atoms with Gasteiger partial charge < -0.3 is 14.2 Å². The summed E-state index contributed by atoms with van der Waals surface area (Å²) in [5.74, 6) is 1.57. The van der Waals surface area contributed by atoms with Gasteiger partial charge in [-0.25, -0.2) is 12.7 Å². The molecule has 0 bridgehead atoms. The van der Waals surface area contributed by atoms with Gasteiger partial charge in [0.25, 0.3) is 0 Å². The number of benzene rings is 1. The van der Waals surface area contributed by atoms with Crippen molar-refractivity contribution in [3.63, 3.8) is 0 Å². The van der Waals surface area contributed by atoms with Crippen molar-refractivity contribution in [1.82, 2.24) is 4.31 Å². The number of nitriles is 1. The SMILES string of the molecule is COc1cc2c(c(OC)c1OC)CCN(S(=O)(=O)C1CCC(C#N)C1)CC2. The van der Waals surface area contributed by atoms with E-state index in [1.54, 1.807) is 25.6 Å². The Balaban J connectivity index is 1.87. The van der Waals surface area contributed by atoms with Crippen LogP contribution in [0.5, 0.6) is 17.2 Å². The lowest BCUT2D eigenvalue weighted by atomic mass is 10.0. The van der Waals surface area contributed by atoms with Gasteiger partial charge in [-0.1, -0.05) is 0 Å². The highest BCUT2D eigenvalue weighted by molar-refractivity contribution is 7.89. The number of sulfonamides is 1. The molecule has 1 aliphatic heterocycles. The first-order valence-corrected chi connectivity index (χ1v) is 10.7. The van der Waals surface area contributed by atoms with Gasteiger partial charge >= 0.3 is 0 Å². The van der Waals surface area contributed by atoms with Crippen molar-refractivity contribution in [2.24, 2.45) is 5.92 Å². The van der Waals surface area contributed by atoms with Gasteiger partial charge in [0.2, 0.25) is 15.8 Å². The molecule has 1 saturated carbocycles. The maximum atomic E-state index is 13.1. The van der Waals surface area contributed by atoms with Gasteiger partial charge in [0, 0.05) is 24.6 Å². The Hall–Kier alpha value is -1.98. The van der Waals surface area contributed by atoms with Crippen LogP contribution in [-0.4, -0.2) is 52.4 Å². The number of hydrogen-bond acceptors (Lipinski definition) is 6. The van der Waals surface area contributed by atoms with E-state index in [1.807, 2.05) is 6.07 Å². The minimum atomic E-state index is -3.42. The molecular formula is C19H26N2O5S. The van der Waals surface area contributed by atoms with E-state index in [2.05, 4.69) is 6.07 Å². The third-order valence-corrected chi connectivity index (χ3v) is 7.97.